The Morgan fingerprint density at radius 1 is 1.00 bits per heavy atom. The lowest BCUT2D eigenvalue weighted by molar-refractivity contribution is -0.0955. The first-order valence-electron chi connectivity index (χ1n) is 14.2. The maximum Gasteiger partial charge on any atom is 0.487 e. The van der Waals surface area contributed by atoms with E-state index in [1.807, 2.05) is 29.2 Å². The summed E-state index contributed by atoms with van der Waals surface area (Å²) >= 11 is 5.26. The average Bonchev–Trinajstić information content (AvgIpc) is 3.51. The van der Waals surface area contributed by atoms with E-state index < -0.39 is 39.5 Å². The third-order valence-electron chi connectivity index (χ3n) is 8.01. The quantitative estimate of drug-likeness (QED) is 0.263. The number of fused-ring (bicyclic) bond motifs is 1. The van der Waals surface area contributed by atoms with Crippen molar-refractivity contribution in [2.24, 2.45) is 0 Å². The summed E-state index contributed by atoms with van der Waals surface area (Å²) in [4.78, 5) is 35.5. The van der Waals surface area contributed by atoms with Gasteiger partial charge in [0.05, 0.1) is 5.39 Å². The standard InChI is InChI=1S/C31H29ClF3N5O4/c32-31(34,35)44-29-26-22(17-24(33)27(29)39-15-13-38(14-16-39)25-5-1-2-10-36-25)28(41)23(30(42)43)19-40(26)21-8-6-20(7-9-21)18-37-11-3-4-12-37/h1-2,5-10,17,19H,3-4,11-16,18H2,(H,42,43). The zero-order valence-corrected chi connectivity index (χ0v) is 24.3. The van der Waals surface area contributed by atoms with Crippen LogP contribution < -0.4 is 20.0 Å². The lowest BCUT2D eigenvalue weighted by atomic mass is 10.1. The molecule has 2 fully saturated rings. The van der Waals surface area contributed by atoms with Crippen molar-refractivity contribution < 1.29 is 27.8 Å². The normalized spacial score (nSPS) is 16.1. The van der Waals surface area contributed by atoms with E-state index in [9.17, 15) is 23.5 Å². The van der Waals surface area contributed by atoms with Crippen molar-refractivity contribution in [2.75, 3.05) is 49.1 Å². The Balaban J connectivity index is 1.49. The molecule has 1 N–H and O–H groups in total. The number of benzene rings is 2. The molecule has 13 heteroatoms. The van der Waals surface area contributed by atoms with E-state index in [1.165, 1.54) is 4.57 Å². The molecule has 230 valence electrons. The molecule has 2 aromatic carbocycles. The number of nitrogens with zero attached hydrogens (tertiary/aromatic N) is 5. The molecule has 0 amide bonds. The number of hydrogen-bond acceptors (Lipinski definition) is 7. The molecule has 2 aliphatic rings. The number of anilines is 2. The van der Waals surface area contributed by atoms with Crippen LogP contribution in [0.3, 0.4) is 0 Å². The first-order chi connectivity index (χ1) is 21.1. The smallest absolute Gasteiger partial charge is 0.477 e. The van der Waals surface area contributed by atoms with Crippen LogP contribution in [0.5, 0.6) is 5.75 Å². The molecule has 9 nitrogen and oxygen atoms in total. The van der Waals surface area contributed by atoms with Gasteiger partial charge in [0.1, 0.15) is 22.6 Å². The summed E-state index contributed by atoms with van der Waals surface area (Å²) in [6.45, 7) is 3.93. The summed E-state index contributed by atoms with van der Waals surface area (Å²) < 4.78 is 50.9. The molecule has 2 aromatic heterocycles. The molecule has 0 atom stereocenters. The largest absolute Gasteiger partial charge is 0.487 e. The maximum atomic E-state index is 15.9. The van der Waals surface area contributed by atoms with Gasteiger partial charge in [-0.25, -0.2) is 14.2 Å². The zero-order valence-electron chi connectivity index (χ0n) is 23.6. The number of carbonyl (C=O) groups is 1. The second-order valence-corrected chi connectivity index (χ2v) is 11.3. The van der Waals surface area contributed by atoms with Crippen molar-refractivity contribution in [3.8, 4) is 11.4 Å². The van der Waals surface area contributed by atoms with Gasteiger partial charge in [-0.15, -0.1) is 8.78 Å². The number of rotatable bonds is 8. The minimum Gasteiger partial charge on any atom is -0.477 e. The van der Waals surface area contributed by atoms with Gasteiger partial charge >= 0.3 is 11.5 Å². The van der Waals surface area contributed by atoms with Gasteiger partial charge in [0, 0.05) is 62.4 Å². The van der Waals surface area contributed by atoms with Crippen molar-refractivity contribution >= 4 is 40.0 Å². The molecule has 6 rings (SSSR count). The molecule has 0 saturated carbocycles. The van der Waals surface area contributed by atoms with E-state index in [0.29, 0.717) is 18.8 Å². The second-order valence-electron chi connectivity index (χ2n) is 10.8. The molecule has 0 aliphatic carbocycles. The number of ether oxygens (including phenoxy) is 1. The molecule has 0 spiro atoms. The molecular formula is C31H29ClF3N5O4. The molecule has 2 saturated heterocycles. The Bertz CT molecular complexity index is 1730. The summed E-state index contributed by atoms with van der Waals surface area (Å²) in [6, 6.07) is 13.4. The monoisotopic (exact) mass is 627 g/mol. The second kappa shape index (κ2) is 12.0. The summed E-state index contributed by atoms with van der Waals surface area (Å²) in [5, 5.41) is 9.36. The SMILES string of the molecule is O=C(O)c1cn(-c2ccc(CN3CCCC3)cc2)c2c(OC(F)(F)Cl)c(N3CCN(c4ccccn4)CC3)c(F)cc2c1=O. The number of pyridine rings is 2. The van der Waals surface area contributed by atoms with Crippen LogP contribution >= 0.6 is 11.6 Å². The first kappa shape index (κ1) is 29.8. The predicted octanol–water partition coefficient (Wildman–Crippen LogP) is 5.31. The van der Waals surface area contributed by atoms with Gasteiger partial charge in [0.15, 0.2) is 11.6 Å². The van der Waals surface area contributed by atoms with Gasteiger partial charge in [-0.3, -0.25) is 9.69 Å². The average molecular weight is 628 g/mol. The van der Waals surface area contributed by atoms with Crippen LogP contribution in [-0.2, 0) is 6.54 Å². The Morgan fingerprint density at radius 2 is 1.68 bits per heavy atom. The summed E-state index contributed by atoms with van der Waals surface area (Å²) in [5.41, 5.74) is -5.13. The van der Waals surface area contributed by atoms with Gasteiger partial charge in [-0.05, 0) is 61.8 Å². The highest BCUT2D eigenvalue weighted by molar-refractivity contribution is 6.21. The van der Waals surface area contributed by atoms with E-state index in [-0.39, 0.29) is 24.3 Å². The Hall–Kier alpha value is -4.29. The highest BCUT2D eigenvalue weighted by Gasteiger charge is 2.35. The number of hydrogen-bond donors (Lipinski definition) is 1. The number of aromatic carboxylic acids is 1. The van der Waals surface area contributed by atoms with E-state index in [1.54, 1.807) is 29.3 Å². The number of piperazine rings is 1. The van der Waals surface area contributed by atoms with Gasteiger partial charge in [0.25, 0.3) is 0 Å². The zero-order chi connectivity index (χ0) is 31.0. The molecule has 0 bridgehead atoms. The number of alkyl halides is 3. The number of halogens is 4. The molecule has 4 aromatic rings. The lowest BCUT2D eigenvalue weighted by Crippen LogP contribution is -2.47. The van der Waals surface area contributed by atoms with Gasteiger partial charge in [-0.2, -0.15) is 0 Å². The first-order valence-corrected chi connectivity index (χ1v) is 14.6. The number of aromatic nitrogens is 2. The number of carboxylic acids is 1. The maximum absolute atomic E-state index is 15.9. The number of likely N-dealkylation sites (tertiary alicyclic amines) is 1. The third-order valence-corrected chi connectivity index (χ3v) is 8.08. The van der Waals surface area contributed by atoms with Gasteiger partial charge in [-0.1, -0.05) is 18.2 Å². The number of carboxylic acid groups (broad SMARTS) is 1. The molecule has 0 radical (unpaired) electrons. The third kappa shape index (κ3) is 6.04. The van der Waals surface area contributed by atoms with Crippen LogP contribution in [0.1, 0.15) is 28.8 Å². The van der Waals surface area contributed by atoms with Crippen LogP contribution in [0.4, 0.5) is 24.7 Å². The minimum atomic E-state index is -4.27. The van der Waals surface area contributed by atoms with E-state index in [2.05, 4.69) is 9.88 Å². The van der Waals surface area contributed by atoms with Crippen LogP contribution in [0.2, 0.25) is 0 Å². The molecule has 2 aliphatic heterocycles. The van der Waals surface area contributed by atoms with Crippen molar-refractivity contribution in [3.05, 3.63) is 88.1 Å². The fraction of sp³-hybridized carbons (Fsp3) is 0.323. The van der Waals surface area contributed by atoms with Crippen LogP contribution in [0, 0.1) is 5.82 Å². The van der Waals surface area contributed by atoms with Crippen LogP contribution in [0.25, 0.3) is 16.6 Å². The Morgan fingerprint density at radius 3 is 2.30 bits per heavy atom. The summed E-state index contributed by atoms with van der Waals surface area (Å²) in [6.07, 6.45) is 4.96. The summed E-state index contributed by atoms with van der Waals surface area (Å²) in [5.74, 6) is -2.51. The van der Waals surface area contributed by atoms with Crippen LogP contribution in [0.15, 0.2) is 65.7 Å². The predicted molar refractivity (Wildman–Crippen MR) is 161 cm³/mol. The lowest BCUT2D eigenvalue weighted by Gasteiger charge is -2.37. The Kier molecular flexibility index (Phi) is 8.12. The highest BCUT2D eigenvalue weighted by Crippen LogP contribution is 2.43. The van der Waals surface area contributed by atoms with Crippen LogP contribution in [-0.4, -0.2) is 70.4 Å². The van der Waals surface area contributed by atoms with Gasteiger partial charge in [0.2, 0.25) is 5.43 Å². The highest BCUT2D eigenvalue weighted by atomic mass is 35.5. The molecule has 4 heterocycles. The Labute approximate surface area is 255 Å². The topological polar surface area (TPSA) is 91.1 Å². The van der Waals surface area contributed by atoms with Crippen molar-refractivity contribution in [1.29, 1.82) is 0 Å². The van der Waals surface area contributed by atoms with Crippen molar-refractivity contribution in [1.82, 2.24) is 14.5 Å². The van der Waals surface area contributed by atoms with E-state index in [4.69, 9.17) is 16.3 Å². The van der Waals surface area contributed by atoms with E-state index in [0.717, 1.165) is 56.1 Å². The summed E-state index contributed by atoms with van der Waals surface area (Å²) in [7, 11) is 0. The fourth-order valence-electron chi connectivity index (χ4n) is 5.94. The van der Waals surface area contributed by atoms with E-state index >= 15 is 4.39 Å². The minimum absolute atomic E-state index is 0.214. The fourth-order valence-corrected chi connectivity index (χ4v) is 6.02. The van der Waals surface area contributed by atoms with Crippen molar-refractivity contribution in [2.45, 2.75) is 25.0 Å². The van der Waals surface area contributed by atoms with Gasteiger partial charge < -0.3 is 24.2 Å². The molecule has 44 heavy (non-hydrogen) atoms. The van der Waals surface area contributed by atoms with Crippen molar-refractivity contribution in [3.63, 3.8) is 0 Å². The molecule has 0 unspecified atom stereocenters. The molecular weight excluding hydrogens is 599 g/mol.